The standard InChI is InChI=1S/C19H21N3O2S/c1-12-20-18(15-7-9-25-19(15)21-12)22-8-6-13(11-22)16-10-14(23-2)4-5-17(16)24-3/h4-5,7,9-10,13H,6,8,11H2,1-3H3/t13-/m1/s1. The molecule has 0 unspecified atom stereocenters. The summed E-state index contributed by atoms with van der Waals surface area (Å²) >= 11 is 1.67. The van der Waals surface area contributed by atoms with Crippen molar-refractivity contribution in [2.45, 2.75) is 19.3 Å². The number of nitrogens with zero attached hydrogens (tertiary/aromatic N) is 3. The second-order valence-electron chi connectivity index (χ2n) is 6.27. The van der Waals surface area contributed by atoms with E-state index in [1.54, 1.807) is 25.6 Å². The largest absolute Gasteiger partial charge is 0.497 e. The third kappa shape index (κ3) is 2.91. The average molecular weight is 355 g/mol. The van der Waals surface area contributed by atoms with Crippen molar-refractivity contribution in [2.24, 2.45) is 0 Å². The molecule has 1 atom stereocenters. The van der Waals surface area contributed by atoms with Crippen LogP contribution < -0.4 is 14.4 Å². The van der Waals surface area contributed by atoms with E-state index in [0.29, 0.717) is 5.92 Å². The van der Waals surface area contributed by atoms with Gasteiger partial charge in [-0.2, -0.15) is 0 Å². The average Bonchev–Trinajstić information content (AvgIpc) is 3.29. The molecule has 4 rings (SSSR count). The first-order valence-corrected chi connectivity index (χ1v) is 9.26. The number of fused-ring (bicyclic) bond motifs is 1. The fourth-order valence-corrected chi connectivity index (χ4v) is 4.35. The highest BCUT2D eigenvalue weighted by atomic mass is 32.1. The van der Waals surface area contributed by atoms with Gasteiger partial charge < -0.3 is 14.4 Å². The van der Waals surface area contributed by atoms with Crippen LogP contribution in [0.2, 0.25) is 0 Å². The quantitative estimate of drug-likeness (QED) is 0.708. The number of methoxy groups -OCH3 is 2. The summed E-state index contributed by atoms with van der Waals surface area (Å²) in [4.78, 5) is 12.7. The van der Waals surface area contributed by atoms with Crippen LogP contribution in [0.25, 0.3) is 10.2 Å². The molecule has 3 aromatic rings. The van der Waals surface area contributed by atoms with E-state index >= 15 is 0 Å². The fourth-order valence-electron chi connectivity index (χ4n) is 3.55. The molecule has 0 amide bonds. The van der Waals surface area contributed by atoms with E-state index in [9.17, 15) is 0 Å². The van der Waals surface area contributed by atoms with Crippen LogP contribution in [-0.4, -0.2) is 37.3 Å². The van der Waals surface area contributed by atoms with Crippen LogP contribution in [0.1, 0.15) is 23.7 Å². The van der Waals surface area contributed by atoms with Crippen LogP contribution in [-0.2, 0) is 0 Å². The van der Waals surface area contributed by atoms with Gasteiger partial charge in [-0.25, -0.2) is 9.97 Å². The van der Waals surface area contributed by atoms with Crippen molar-refractivity contribution in [3.63, 3.8) is 0 Å². The second-order valence-corrected chi connectivity index (χ2v) is 7.17. The molecule has 1 aliphatic heterocycles. The van der Waals surface area contributed by atoms with Crippen molar-refractivity contribution in [3.05, 3.63) is 41.0 Å². The third-order valence-corrected chi connectivity index (χ3v) is 5.59. The van der Waals surface area contributed by atoms with E-state index < -0.39 is 0 Å². The van der Waals surface area contributed by atoms with E-state index in [0.717, 1.165) is 52.9 Å². The highest BCUT2D eigenvalue weighted by Crippen LogP contribution is 2.38. The Morgan fingerprint density at radius 1 is 1.16 bits per heavy atom. The zero-order valence-corrected chi connectivity index (χ0v) is 15.5. The summed E-state index contributed by atoms with van der Waals surface area (Å²) in [6.45, 7) is 3.86. The lowest BCUT2D eigenvalue weighted by Crippen LogP contribution is -2.21. The van der Waals surface area contributed by atoms with Crippen LogP contribution in [0.3, 0.4) is 0 Å². The zero-order chi connectivity index (χ0) is 17.4. The van der Waals surface area contributed by atoms with Gasteiger partial charge in [-0.05, 0) is 43.0 Å². The molecular formula is C19H21N3O2S. The van der Waals surface area contributed by atoms with E-state index in [1.807, 2.05) is 19.1 Å². The number of thiophene rings is 1. The van der Waals surface area contributed by atoms with Gasteiger partial charge in [0.1, 0.15) is 28.0 Å². The fraction of sp³-hybridized carbons (Fsp3) is 0.368. The molecule has 2 aromatic heterocycles. The number of ether oxygens (including phenoxy) is 2. The minimum absolute atomic E-state index is 0.397. The lowest BCUT2D eigenvalue weighted by molar-refractivity contribution is 0.396. The van der Waals surface area contributed by atoms with Crippen LogP contribution in [0.4, 0.5) is 5.82 Å². The van der Waals surface area contributed by atoms with Gasteiger partial charge in [0, 0.05) is 24.6 Å². The van der Waals surface area contributed by atoms with E-state index in [1.165, 1.54) is 5.56 Å². The van der Waals surface area contributed by atoms with Crippen LogP contribution in [0.15, 0.2) is 29.6 Å². The van der Waals surface area contributed by atoms with Gasteiger partial charge in [-0.3, -0.25) is 0 Å². The molecule has 0 saturated carbocycles. The Morgan fingerprint density at radius 3 is 2.84 bits per heavy atom. The zero-order valence-electron chi connectivity index (χ0n) is 14.7. The summed E-state index contributed by atoms with van der Waals surface area (Å²) in [6.07, 6.45) is 1.07. The summed E-state index contributed by atoms with van der Waals surface area (Å²) in [5.74, 6) is 4.06. The highest BCUT2D eigenvalue weighted by Gasteiger charge is 2.28. The Hall–Kier alpha value is -2.34. The monoisotopic (exact) mass is 355 g/mol. The summed E-state index contributed by atoms with van der Waals surface area (Å²) in [7, 11) is 3.42. The van der Waals surface area contributed by atoms with Gasteiger partial charge in [0.05, 0.1) is 19.6 Å². The molecule has 1 aromatic carbocycles. The summed E-state index contributed by atoms with van der Waals surface area (Å²) in [6, 6.07) is 8.15. The maximum Gasteiger partial charge on any atom is 0.141 e. The van der Waals surface area contributed by atoms with Gasteiger partial charge in [0.2, 0.25) is 0 Å². The number of benzene rings is 1. The molecule has 0 spiro atoms. The lowest BCUT2D eigenvalue weighted by atomic mass is 9.97. The molecule has 0 N–H and O–H groups in total. The lowest BCUT2D eigenvalue weighted by Gasteiger charge is -2.20. The molecular weight excluding hydrogens is 334 g/mol. The molecule has 0 radical (unpaired) electrons. The molecule has 130 valence electrons. The number of anilines is 1. The van der Waals surface area contributed by atoms with Crippen molar-refractivity contribution >= 4 is 27.4 Å². The highest BCUT2D eigenvalue weighted by molar-refractivity contribution is 7.16. The number of rotatable bonds is 4. The molecule has 1 aliphatic rings. The van der Waals surface area contributed by atoms with Gasteiger partial charge in [0.25, 0.3) is 0 Å². The van der Waals surface area contributed by atoms with Crippen LogP contribution in [0.5, 0.6) is 11.5 Å². The molecule has 5 nitrogen and oxygen atoms in total. The third-order valence-electron chi connectivity index (χ3n) is 4.78. The molecule has 25 heavy (non-hydrogen) atoms. The molecule has 0 aliphatic carbocycles. The Bertz CT molecular complexity index is 909. The number of aromatic nitrogens is 2. The first-order valence-electron chi connectivity index (χ1n) is 8.38. The van der Waals surface area contributed by atoms with Crippen molar-refractivity contribution in [3.8, 4) is 11.5 Å². The summed E-state index contributed by atoms with van der Waals surface area (Å²) in [5.41, 5.74) is 1.21. The van der Waals surface area contributed by atoms with Gasteiger partial charge in [-0.1, -0.05) is 0 Å². The van der Waals surface area contributed by atoms with Crippen molar-refractivity contribution < 1.29 is 9.47 Å². The van der Waals surface area contributed by atoms with Gasteiger partial charge in [0.15, 0.2) is 0 Å². The number of hydrogen-bond donors (Lipinski definition) is 0. The first-order chi connectivity index (χ1) is 12.2. The van der Waals surface area contributed by atoms with Gasteiger partial charge in [-0.15, -0.1) is 11.3 Å². The molecule has 1 saturated heterocycles. The van der Waals surface area contributed by atoms with E-state index in [2.05, 4.69) is 27.4 Å². The normalized spacial score (nSPS) is 17.2. The molecule has 6 heteroatoms. The smallest absolute Gasteiger partial charge is 0.141 e. The maximum absolute atomic E-state index is 5.58. The predicted octanol–water partition coefficient (Wildman–Crippen LogP) is 4.01. The van der Waals surface area contributed by atoms with Crippen LogP contribution >= 0.6 is 11.3 Å². The first kappa shape index (κ1) is 16.1. The topological polar surface area (TPSA) is 47.5 Å². The number of hydrogen-bond acceptors (Lipinski definition) is 6. The van der Waals surface area contributed by atoms with E-state index in [4.69, 9.17) is 14.5 Å². The Labute approximate surface area is 151 Å². The van der Waals surface area contributed by atoms with Crippen molar-refractivity contribution in [1.29, 1.82) is 0 Å². The Morgan fingerprint density at radius 2 is 2.04 bits per heavy atom. The van der Waals surface area contributed by atoms with E-state index in [-0.39, 0.29) is 0 Å². The Balaban J connectivity index is 1.66. The second kappa shape index (κ2) is 6.52. The van der Waals surface area contributed by atoms with Crippen molar-refractivity contribution in [1.82, 2.24) is 9.97 Å². The minimum Gasteiger partial charge on any atom is -0.497 e. The van der Waals surface area contributed by atoms with Crippen molar-refractivity contribution in [2.75, 3.05) is 32.2 Å². The SMILES string of the molecule is COc1ccc(OC)c([C@@H]2CCN(c3nc(C)nc4sccc34)C2)c1. The molecule has 0 bridgehead atoms. The molecule has 1 fully saturated rings. The Kier molecular flexibility index (Phi) is 4.21. The van der Waals surface area contributed by atoms with Crippen LogP contribution in [0, 0.1) is 6.92 Å². The number of aryl methyl sites for hydroxylation is 1. The summed E-state index contributed by atoms with van der Waals surface area (Å²) in [5, 5.41) is 3.23. The molecule has 3 heterocycles. The maximum atomic E-state index is 5.58. The summed E-state index contributed by atoms with van der Waals surface area (Å²) < 4.78 is 11.0. The van der Waals surface area contributed by atoms with Gasteiger partial charge >= 0.3 is 0 Å². The minimum atomic E-state index is 0.397. The predicted molar refractivity (Wildman–Crippen MR) is 101 cm³/mol.